The molecule has 0 aliphatic heterocycles. The van der Waals surface area contributed by atoms with Gasteiger partial charge >= 0.3 is 5.97 Å². The predicted molar refractivity (Wildman–Crippen MR) is 72.1 cm³/mol. The molecule has 0 aromatic carbocycles. The Balaban J connectivity index is 2.75. The number of carboxylic acid groups (broad SMARTS) is 1. The zero-order chi connectivity index (χ0) is 15.3. The van der Waals surface area contributed by atoms with Crippen LogP contribution < -0.4 is 10.6 Å². The summed E-state index contributed by atoms with van der Waals surface area (Å²) in [6.07, 6.45) is 1.17. The largest absolute Gasteiger partial charge is 0.478 e. The fraction of sp³-hybridized carbons (Fsp3) is 0.462. The summed E-state index contributed by atoms with van der Waals surface area (Å²) in [7, 11) is 0. The number of aromatic nitrogens is 1. The highest BCUT2D eigenvalue weighted by Crippen LogP contribution is 2.15. The van der Waals surface area contributed by atoms with Gasteiger partial charge in [-0.3, -0.25) is 4.79 Å². The molecule has 1 aromatic heterocycles. The van der Waals surface area contributed by atoms with E-state index in [-0.39, 0.29) is 11.7 Å². The van der Waals surface area contributed by atoms with Gasteiger partial charge in [-0.25, -0.2) is 14.2 Å². The molecular weight excluding hydrogens is 265 g/mol. The quantitative estimate of drug-likeness (QED) is 0.735. The van der Waals surface area contributed by atoms with E-state index < -0.39 is 23.4 Å². The topological polar surface area (TPSA) is 91.3 Å². The van der Waals surface area contributed by atoms with Gasteiger partial charge in [0.15, 0.2) is 11.6 Å². The zero-order valence-corrected chi connectivity index (χ0v) is 11.6. The summed E-state index contributed by atoms with van der Waals surface area (Å²) >= 11 is 0. The highest BCUT2D eigenvalue weighted by atomic mass is 19.1. The van der Waals surface area contributed by atoms with Crippen LogP contribution in [0.5, 0.6) is 0 Å². The number of halogens is 1. The molecule has 1 rings (SSSR count). The Morgan fingerprint density at radius 3 is 2.60 bits per heavy atom. The third-order valence-electron chi connectivity index (χ3n) is 2.55. The number of aromatic carboxylic acids is 1. The number of carboxylic acids is 1. The first kappa shape index (κ1) is 15.9. The van der Waals surface area contributed by atoms with Crippen LogP contribution in [0.15, 0.2) is 12.3 Å². The summed E-state index contributed by atoms with van der Waals surface area (Å²) in [6, 6.07) is 0.339. The summed E-state index contributed by atoms with van der Waals surface area (Å²) in [5.74, 6) is -2.62. The Morgan fingerprint density at radius 2 is 2.05 bits per heavy atom. The van der Waals surface area contributed by atoms with E-state index in [0.29, 0.717) is 12.5 Å². The zero-order valence-electron chi connectivity index (χ0n) is 11.6. The lowest BCUT2D eigenvalue weighted by molar-refractivity contribution is -0.121. The van der Waals surface area contributed by atoms with E-state index in [1.165, 1.54) is 6.20 Å². The van der Waals surface area contributed by atoms with Crippen LogP contribution in [0.2, 0.25) is 0 Å². The van der Waals surface area contributed by atoms with Gasteiger partial charge in [0, 0.05) is 12.7 Å². The maximum atomic E-state index is 13.8. The van der Waals surface area contributed by atoms with Crippen molar-refractivity contribution in [1.29, 1.82) is 0 Å². The molecule has 0 bridgehead atoms. The van der Waals surface area contributed by atoms with Crippen LogP contribution in [0.25, 0.3) is 0 Å². The fourth-order valence-corrected chi connectivity index (χ4v) is 1.44. The van der Waals surface area contributed by atoms with Crippen LogP contribution in [-0.4, -0.2) is 34.6 Å². The van der Waals surface area contributed by atoms with Crippen molar-refractivity contribution >= 4 is 17.7 Å². The van der Waals surface area contributed by atoms with Gasteiger partial charge in [0.25, 0.3) is 0 Å². The molecule has 1 aromatic rings. The second kappa shape index (κ2) is 6.83. The maximum Gasteiger partial charge on any atom is 0.338 e. The molecule has 7 heteroatoms. The van der Waals surface area contributed by atoms with Crippen molar-refractivity contribution in [2.24, 2.45) is 5.92 Å². The highest BCUT2D eigenvalue weighted by molar-refractivity contribution is 5.89. The molecule has 0 saturated carbocycles. The molecule has 1 heterocycles. The van der Waals surface area contributed by atoms with Crippen LogP contribution in [-0.2, 0) is 4.79 Å². The first-order valence-corrected chi connectivity index (χ1v) is 6.25. The maximum absolute atomic E-state index is 13.8. The van der Waals surface area contributed by atoms with E-state index in [1.54, 1.807) is 6.92 Å². The second-order valence-corrected chi connectivity index (χ2v) is 4.83. The number of anilines is 1. The molecule has 0 spiro atoms. The van der Waals surface area contributed by atoms with Gasteiger partial charge < -0.3 is 15.7 Å². The van der Waals surface area contributed by atoms with Crippen LogP contribution in [0.3, 0.4) is 0 Å². The number of pyridine rings is 1. The number of nitrogens with one attached hydrogen (secondary N) is 2. The number of rotatable bonds is 6. The fourth-order valence-electron chi connectivity index (χ4n) is 1.44. The van der Waals surface area contributed by atoms with Crippen molar-refractivity contribution in [1.82, 2.24) is 10.3 Å². The Bertz CT molecular complexity index is 506. The Labute approximate surface area is 116 Å². The smallest absolute Gasteiger partial charge is 0.338 e. The third-order valence-corrected chi connectivity index (χ3v) is 2.55. The third kappa shape index (κ3) is 4.18. The number of carbonyl (C=O) groups excluding carboxylic acids is 1. The van der Waals surface area contributed by atoms with Gasteiger partial charge in [-0.1, -0.05) is 13.8 Å². The number of carbonyl (C=O) groups is 2. The van der Waals surface area contributed by atoms with E-state index in [9.17, 15) is 14.0 Å². The van der Waals surface area contributed by atoms with Crippen molar-refractivity contribution in [3.63, 3.8) is 0 Å². The van der Waals surface area contributed by atoms with Crippen LogP contribution in [0, 0.1) is 11.7 Å². The molecule has 0 aliphatic carbocycles. The van der Waals surface area contributed by atoms with Gasteiger partial charge in [-0.05, 0) is 18.9 Å². The van der Waals surface area contributed by atoms with E-state index in [0.717, 1.165) is 6.07 Å². The van der Waals surface area contributed by atoms with Crippen LogP contribution in [0.4, 0.5) is 10.2 Å². The van der Waals surface area contributed by atoms with Gasteiger partial charge in [0.1, 0.15) is 11.6 Å². The van der Waals surface area contributed by atoms with Crippen molar-refractivity contribution in [3.05, 3.63) is 23.6 Å². The first-order valence-electron chi connectivity index (χ1n) is 6.25. The highest BCUT2D eigenvalue weighted by Gasteiger charge is 2.19. The van der Waals surface area contributed by atoms with E-state index >= 15 is 0 Å². The molecule has 3 N–H and O–H groups in total. The van der Waals surface area contributed by atoms with Crippen molar-refractivity contribution in [3.8, 4) is 0 Å². The molecule has 6 nitrogen and oxygen atoms in total. The average molecular weight is 283 g/mol. The predicted octanol–water partition coefficient (Wildman–Crippen LogP) is 1.49. The van der Waals surface area contributed by atoms with Gasteiger partial charge in [-0.2, -0.15) is 0 Å². The van der Waals surface area contributed by atoms with Gasteiger partial charge in [-0.15, -0.1) is 0 Å². The number of nitrogens with zero attached hydrogens (tertiary/aromatic N) is 1. The summed E-state index contributed by atoms with van der Waals surface area (Å²) in [4.78, 5) is 26.2. The van der Waals surface area contributed by atoms with Crippen LogP contribution >= 0.6 is 0 Å². The summed E-state index contributed by atoms with van der Waals surface area (Å²) in [5.41, 5.74) is -0.489. The number of hydrogen-bond donors (Lipinski definition) is 3. The average Bonchev–Trinajstić information content (AvgIpc) is 2.37. The molecule has 1 atom stereocenters. The molecular formula is C13H18FN3O3. The lowest BCUT2D eigenvalue weighted by Crippen LogP contribution is -2.39. The molecule has 1 amide bonds. The van der Waals surface area contributed by atoms with Crippen molar-refractivity contribution in [2.75, 3.05) is 11.9 Å². The van der Waals surface area contributed by atoms with E-state index in [2.05, 4.69) is 15.6 Å². The SMILES string of the molecule is CC(C)CNC(=O)C(C)Nc1nccc(C(=O)O)c1F. The number of amides is 1. The lowest BCUT2D eigenvalue weighted by atomic mass is 10.2. The Hall–Kier alpha value is -2.18. The first-order chi connectivity index (χ1) is 9.32. The van der Waals surface area contributed by atoms with Gasteiger partial charge in [0.2, 0.25) is 5.91 Å². The second-order valence-electron chi connectivity index (χ2n) is 4.83. The van der Waals surface area contributed by atoms with E-state index in [1.807, 2.05) is 13.8 Å². The molecule has 0 saturated heterocycles. The Morgan fingerprint density at radius 1 is 1.40 bits per heavy atom. The van der Waals surface area contributed by atoms with Crippen LogP contribution in [0.1, 0.15) is 31.1 Å². The molecule has 0 fully saturated rings. The minimum atomic E-state index is -1.38. The minimum Gasteiger partial charge on any atom is -0.478 e. The molecule has 20 heavy (non-hydrogen) atoms. The van der Waals surface area contributed by atoms with E-state index in [4.69, 9.17) is 5.11 Å². The Kier molecular flexibility index (Phi) is 5.42. The summed E-state index contributed by atoms with van der Waals surface area (Å²) < 4.78 is 13.8. The van der Waals surface area contributed by atoms with Crippen molar-refractivity contribution < 1.29 is 19.1 Å². The molecule has 0 radical (unpaired) electrons. The standard InChI is InChI=1S/C13H18FN3O3/c1-7(2)6-16-12(18)8(3)17-11-10(14)9(13(19)20)4-5-15-11/h4-5,7-8H,6H2,1-3H3,(H,15,17)(H,16,18)(H,19,20). The van der Waals surface area contributed by atoms with Gasteiger partial charge in [0.05, 0.1) is 0 Å². The number of hydrogen-bond acceptors (Lipinski definition) is 4. The molecule has 0 aliphatic rings. The normalized spacial score (nSPS) is 12.1. The molecule has 1 unspecified atom stereocenters. The lowest BCUT2D eigenvalue weighted by Gasteiger charge is -2.16. The summed E-state index contributed by atoms with van der Waals surface area (Å²) in [5, 5.41) is 14.1. The van der Waals surface area contributed by atoms with Crippen molar-refractivity contribution in [2.45, 2.75) is 26.8 Å². The minimum absolute atomic E-state index is 0.253. The monoisotopic (exact) mass is 283 g/mol. The molecule has 110 valence electrons. The summed E-state index contributed by atoms with van der Waals surface area (Å²) in [6.45, 7) is 5.96.